The number of hydrogen-bond donors (Lipinski definition) is 2. The van der Waals surface area contributed by atoms with Crippen molar-refractivity contribution in [3.63, 3.8) is 0 Å². The van der Waals surface area contributed by atoms with Crippen molar-refractivity contribution in [2.24, 2.45) is 5.41 Å². The Balaban J connectivity index is 1.24. The molecule has 2 N–H and O–H groups in total. The molecule has 2 aromatic carbocycles. The van der Waals surface area contributed by atoms with Gasteiger partial charge in [-0.05, 0) is 48.2 Å². The van der Waals surface area contributed by atoms with Crippen LogP contribution in [0.4, 0.5) is 5.69 Å². The number of hydrogen-bond acceptors (Lipinski definition) is 4. The number of rotatable bonds is 6. The Morgan fingerprint density at radius 1 is 1.04 bits per heavy atom. The molecule has 4 heteroatoms. The molecule has 1 spiro atoms. The van der Waals surface area contributed by atoms with Gasteiger partial charge in [0.25, 0.3) is 0 Å². The second kappa shape index (κ2) is 6.70. The van der Waals surface area contributed by atoms with Gasteiger partial charge in [0.05, 0.1) is 13.2 Å². The van der Waals surface area contributed by atoms with Gasteiger partial charge in [-0.3, -0.25) is 4.90 Å². The molecule has 132 valence electrons. The molecule has 0 unspecified atom stereocenters. The zero-order chi connectivity index (χ0) is 17.3. The van der Waals surface area contributed by atoms with Gasteiger partial charge in [-0.1, -0.05) is 24.3 Å². The van der Waals surface area contributed by atoms with Crippen LogP contribution in [0.2, 0.25) is 0 Å². The molecule has 1 aliphatic carbocycles. The van der Waals surface area contributed by atoms with Gasteiger partial charge in [0.1, 0.15) is 5.75 Å². The van der Waals surface area contributed by atoms with E-state index in [0.29, 0.717) is 5.41 Å². The molecule has 0 radical (unpaired) electrons. The average Bonchev–Trinajstić information content (AvgIpc) is 2.58. The maximum atomic E-state index is 9.48. The number of nitrogens with one attached hydrogen (secondary N) is 1. The van der Waals surface area contributed by atoms with E-state index < -0.39 is 0 Å². The third kappa shape index (κ3) is 3.65. The minimum atomic E-state index is -0.0433. The van der Waals surface area contributed by atoms with Gasteiger partial charge in [0, 0.05) is 37.3 Å². The Hall–Kier alpha value is -2.04. The zero-order valence-electron chi connectivity index (χ0n) is 14.7. The van der Waals surface area contributed by atoms with Gasteiger partial charge in [0.15, 0.2) is 0 Å². The van der Waals surface area contributed by atoms with Crippen molar-refractivity contribution in [2.75, 3.05) is 25.5 Å². The van der Waals surface area contributed by atoms with Crippen molar-refractivity contribution in [3.8, 4) is 5.75 Å². The lowest BCUT2D eigenvalue weighted by Crippen LogP contribution is -2.63. The van der Waals surface area contributed by atoms with E-state index in [-0.39, 0.29) is 6.10 Å². The lowest BCUT2D eigenvalue weighted by molar-refractivity contribution is -0.131. The normalized spacial score (nSPS) is 19.3. The fraction of sp³-hybridized carbons (Fsp3) is 0.429. The predicted octanol–water partition coefficient (Wildman–Crippen LogP) is 3.26. The number of aliphatic hydroxyl groups is 1. The Bertz CT molecular complexity index is 698. The summed E-state index contributed by atoms with van der Waals surface area (Å²) in [4.78, 5) is 2.48. The maximum absolute atomic E-state index is 9.48. The number of anilines is 1. The summed E-state index contributed by atoms with van der Waals surface area (Å²) in [5, 5.41) is 12.9. The number of aliphatic hydroxyl groups excluding tert-OH is 1. The summed E-state index contributed by atoms with van der Waals surface area (Å²) in [6.07, 6.45) is 1.95. The van der Waals surface area contributed by atoms with Gasteiger partial charge in [0.2, 0.25) is 0 Å². The Labute approximate surface area is 149 Å². The van der Waals surface area contributed by atoms with Crippen molar-refractivity contribution in [2.45, 2.75) is 32.0 Å². The molecule has 0 bridgehead atoms. The van der Waals surface area contributed by atoms with Gasteiger partial charge in [-0.2, -0.15) is 0 Å². The molecule has 4 rings (SSSR count). The number of likely N-dealkylation sites (tertiary alicyclic amines) is 1. The fourth-order valence-electron chi connectivity index (χ4n) is 4.15. The quantitative estimate of drug-likeness (QED) is 0.849. The Morgan fingerprint density at radius 2 is 1.68 bits per heavy atom. The highest BCUT2D eigenvalue weighted by Gasteiger charge is 2.51. The van der Waals surface area contributed by atoms with Gasteiger partial charge >= 0.3 is 0 Å². The van der Waals surface area contributed by atoms with Crippen LogP contribution in [0.3, 0.4) is 0 Å². The SMILES string of the molecule is COc1ccc(CNc2ccc(CN3CC4(CC(O)C4)C3)cc2)cc1. The summed E-state index contributed by atoms with van der Waals surface area (Å²) >= 11 is 0. The van der Waals surface area contributed by atoms with Crippen LogP contribution in [0.15, 0.2) is 48.5 Å². The van der Waals surface area contributed by atoms with E-state index in [4.69, 9.17) is 4.74 Å². The van der Waals surface area contributed by atoms with Crippen LogP contribution in [-0.4, -0.2) is 36.3 Å². The molecule has 4 nitrogen and oxygen atoms in total. The topological polar surface area (TPSA) is 44.7 Å². The second-order valence-corrected chi connectivity index (χ2v) is 7.61. The van der Waals surface area contributed by atoms with E-state index in [0.717, 1.165) is 50.5 Å². The van der Waals surface area contributed by atoms with Gasteiger partial charge < -0.3 is 15.2 Å². The molecule has 1 saturated heterocycles. The molecule has 2 aliphatic rings. The molecule has 1 aliphatic heterocycles. The highest BCUT2D eigenvalue weighted by molar-refractivity contribution is 5.45. The molecule has 25 heavy (non-hydrogen) atoms. The van der Waals surface area contributed by atoms with Crippen LogP contribution in [0.1, 0.15) is 24.0 Å². The number of methoxy groups -OCH3 is 1. The number of benzene rings is 2. The van der Waals surface area contributed by atoms with Gasteiger partial charge in [-0.15, -0.1) is 0 Å². The highest BCUT2D eigenvalue weighted by Crippen LogP contribution is 2.48. The zero-order valence-corrected chi connectivity index (χ0v) is 14.7. The molecule has 0 amide bonds. The molecule has 0 aromatic heterocycles. The molecular weight excluding hydrogens is 312 g/mol. The first-order valence-corrected chi connectivity index (χ1v) is 9.00. The van der Waals surface area contributed by atoms with E-state index in [1.807, 2.05) is 12.1 Å². The van der Waals surface area contributed by atoms with Crippen molar-refractivity contribution < 1.29 is 9.84 Å². The van der Waals surface area contributed by atoms with Gasteiger partial charge in [-0.25, -0.2) is 0 Å². The first-order valence-electron chi connectivity index (χ1n) is 9.00. The van der Waals surface area contributed by atoms with E-state index >= 15 is 0 Å². The third-order valence-electron chi connectivity index (χ3n) is 5.47. The largest absolute Gasteiger partial charge is 0.497 e. The monoisotopic (exact) mass is 338 g/mol. The highest BCUT2D eigenvalue weighted by atomic mass is 16.5. The Kier molecular flexibility index (Phi) is 4.40. The molecule has 1 saturated carbocycles. The smallest absolute Gasteiger partial charge is 0.118 e. The summed E-state index contributed by atoms with van der Waals surface area (Å²) in [7, 11) is 1.68. The molecule has 1 heterocycles. The molecular formula is C21H26N2O2. The van der Waals surface area contributed by atoms with E-state index in [1.54, 1.807) is 7.11 Å². The van der Waals surface area contributed by atoms with E-state index in [1.165, 1.54) is 11.1 Å². The predicted molar refractivity (Wildman–Crippen MR) is 99.7 cm³/mol. The Morgan fingerprint density at radius 3 is 2.28 bits per heavy atom. The van der Waals surface area contributed by atoms with Crippen molar-refractivity contribution in [1.82, 2.24) is 4.90 Å². The van der Waals surface area contributed by atoms with Crippen LogP contribution in [0.5, 0.6) is 5.75 Å². The summed E-state index contributed by atoms with van der Waals surface area (Å²) < 4.78 is 5.18. The average molecular weight is 338 g/mol. The lowest BCUT2D eigenvalue weighted by atomic mass is 9.62. The lowest BCUT2D eigenvalue weighted by Gasteiger charge is -2.58. The second-order valence-electron chi connectivity index (χ2n) is 7.61. The first-order chi connectivity index (χ1) is 12.1. The van der Waals surface area contributed by atoms with Crippen LogP contribution >= 0.6 is 0 Å². The molecule has 2 fully saturated rings. The van der Waals surface area contributed by atoms with E-state index in [9.17, 15) is 5.11 Å². The number of nitrogens with zero attached hydrogens (tertiary/aromatic N) is 1. The van der Waals surface area contributed by atoms with Crippen LogP contribution in [0, 0.1) is 5.41 Å². The minimum absolute atomic E-state index is 0.0433. The number of ether oxygens (including phenoxy) is 1. The third-order valence-corrected chi connectivity index (χ3v) is 5.47. The molecule has 2 aromatic rings. The summed E-state index contributed by atoms with van der Waals surface area (Å²) in [6.45, 7) is 4.10. The van der Waals surface area contributed by atoms with Crippen LogP contribution < -0.4 is 10.1 Å². The first kappa shape index (κ1) is 16.4. The molecule has 0 atom stereocenters. The fourth-order valence-corrected chi connectivity index (χ4v) is 4.15. The minimum Gasteiger partial charge on any atom is -0.497 e. The van der Waals surface area contributed by atoms with Crippen LogP contribution in [-0.2, 0) is 13.1 Å². The van der Waals surface area contributed by atoms with Crippen molar-refractivity contribution in [3.05, 3.63) is 59.7 Å². The maximum Gasteiger partial charge on any atom is 0.118 e. The summed E-state index contributed by atoms with van der Waals surface area (Å²) in [5.74, 6) is 0.886. The van der Waals surface area contributed by atoms with Crippen molar-refractivity contribution >= 4 is 5.69 Å². The van der Waals surface area contributed by atoms with Crippen molar-refractivity contribution in [1.29, 1.82) is 0 Å². The summed E-state index contributed by atoms with van der Waals surface area (Å²) in [6, 6.07) is 16.9. The van der Waals surface area contributed by atoms with Crippen LogP contribution in [0.25, 0.3) is 0 Å². The standard InChI is InChI=1S/C21H26N2O2/c1-25-20-8-4-16(5-9-20)12-22-18-6-2-17(3-7-18)13-23-14-21(15-23)10-19(24)11-21/h2-9,19,22,24H,10-15H2,1H3. The van der Waals surface area contributed by atoms with E-state index in [2.05, 4.69) is 46.6 Å². The summed E-state index contributed by atoms with van der Waals surface area (Å²) in [5.41, 5.74) is 4.17.